The van der Waals surface area contributed by atoms with Crippen molar-refractivity contribution in [2.24, 2.45) is 5.84 Å². The highest BCUT2D eigenvalue weighted by atomic mass is 32.2. The van der Waals surface area contributed by atoms with Crippen LogP contribution in [0.3, 0.4) is 0 Å². The number of hydrogen-bond acceptors (Lipinski definition) is 4. The zero-order valence-corrected chi connectivity index (χ0v) is 12.7. The van der Waals surface area contributed by atoms with Gasteiger partial charge in [-0.2, -0.15) is 4.31 Å². The third kappa shape index (κ3) is 2.47. The summed E-state index contributed by atoms with van der Waals surface area (Å²) >= 11 is 0. The Morgan fingerprint density at radius 1 is 1.18 bits per heavy atom. The minimum Gasteiger partial charge on any atom is -0.293 e. The van der Waals surface area contributed by atoms with Crippen LogP contribution in [0.5, 0.6) is 0 Å². The number of sulfonamides is 1. The van der Waals surface area contributed by atoms with Crippen molar-refractivity contribution in [1.82, 2.24) is 9.73 Å². The zero-order valence-electron chi connectivity index (χ0n) is 11.9. The van der Waals surface area contributed by atoms with Crippen LogP contribution >= 0.6 is 0 Å². The number of rotatable bonds is 3. The first-order valence-corrected chi connectivity index (χ1v) is 8.49. The second-order valence-electron chi connectivity index (χ2n) is 5.29. The van der Waals surface area contributed by atoms with E-state index in [-0.39, 0.29) is 4.90 Å². The van der Waals surface area contributed by atoms with Gasteiger partial charge in [-0.05, 0) is 35.7 Å². The fourth-order valence-electron chi connectivity index (χ4n) is 2.85. The SMILES string of the molecule is NNC(=O)[C@@H]1CCCN1S(=O)(=O)c1ccc2ccccc2c1. The van der Waals surface area contributed by atoms with Crippen molar-refractivity contribution in [3.8, 4) is 0 Å². The first-order valence-electron chi connectivity index (χ1n) is 7.05. The van der Waals surface area contributed by atoms with E-state index < -0.39 is 22.0 Å². The maximum absolute atomic E-state index is 12.8. The highest BCUT2D eigenvalue weighted by molar-refractivity contribution is 7.89. The molecule has 0 spiro atoms. The predicted octanol–water partition coefficient (Wildman–Crippen LogP) is 0.983. The van der Waals surface area contributed by atoms with Gasteiger partial charge in [-0.1, -0.05) is 30.3 Å². The molecular weight excluding hydrogens is 302 g/mol. The average molecular weight is 319 g/mol. The van der Waals surface area contributed by atoms with Crippen LogP contribution in [0.2, 0.25) is 0 Å². The lowest BCUT2D eigenvalue weighted by Crippen LogP contribution is -2.47. The van der Waals surface area contributed by atoms with E-state index in [4.69, 9.17) is 5.84 Å². The van der Waals surface area contributed by atoms with E-state index in [1.165, 1.54) is 4.31 Å². The van der Waals surface area contributed by atoms with E-state index in [2.05, 4.69) is 0 Å². The van der Waals surface area contributed by atoms with Crippen molar-refractivity contribution in [2.45, 2.75) is 23.8 Å². The Hall–Kier alpha value is -1.96. The molecule has 22 heavy (non-hydrogen) atoms. The maximum Gasteiger partial charge on any atom is 0.252 e. The van der Waals surface area contributed by atoms with Gasteiger partial charge in [0.2, 0.25) is 10.0 Å². The number of nitrogens with zero attached hydrogens (tertiary/aromatic N) is 1. The fraction of sp³-hybridized carbons (Fsp3) is 0.267. The minimum atomic E-state index is -3.72. The standard InChI is InChI=1S/C15H17N3O3S/c16-17-15(19)14-6-3-9-18(14)22(20,21)13-8-7-11-4-1-2-5-12(11)10-13/h1-2,4-5,7-8,10,14H,3,6,9,16H2,(H,17,19)/t14-/m0/s1. The predicted molar refractivity (Wildman–Crippen MR) is 83.2 cm³/mol. The van der Waals surface area contributed by atoms with Gasteiger partial charge in [0, 0.05) is 6.54 Å². The first-order chi connectivity index (χ1) is 10.5. The van der Waals surface area contributed by atoms with Gasteiger partial charge < -0.3 is 0 Å². The number of nitrogens with two attached hydrogens (primary N) is 1. The van der Waals surface area contributed by atoms with Crippen LogP contribution in [0.1, 0.15) is 12.8 Å². The van der Waals surface area contributed by atoms with Crippen LogP contribution in [-0.4, -0.2) is 31.2 Å². The highest BCUT2D eigenvalue weighted by Gasteiger charge is 2.39. The molecule has 1 saturated heterocycles. The molecule has 3 N–H and O–H groups in total. The van der Waals surface area contributed by atoms with Crippen LogP contribution in [-0.2, 0) is 14.8 Å². The quantitative estimate of drug-likeness (QED) is 0.501. The molecule has 2 aromatic rings. The topological polar surface area (TPSA) is 92.5 Å². The van der Waals surface area contributed by atoms with E-state index in [0.717, 1.165) is 10.8 Å². The van der Waals surface area contributed by atoms with Gasteiger partial charge in [-0.15, -0.1) is 0 Å². The molecule has 0 radical (unpaired) electrons. The summed E-state index contributed by atoms with van der Waals surface area (Å²) in [5.74, 6) is 4.68. The van der Waals surface area contributed by atoms with Crippen molar-refractivity contribution in [3.63, 3.8) is 0 Å². The summed E-state index contributed by atoms with van der Waals surface area (Å²) in [6.07, 6.45) is 1.13. The van der Waals surface area contributed by atoms with E-state index >= 15 is 0 Å². The number of amides is 1. The summed E-state index contributed by atoms with van der Waals surface area (Å²) in [5.41, 5.74) is 2.05. The highest BCUT2D eigenvalue weighted by Crippen LogP contribution is 2.28. The number of hydrogen-bond donors (Lipinski definition) is 2. The summed E-state index contributed by atoms with van der Waals surface area (Å²) in [7, 11) is -3.72. The summed E-state index contributed by atoms with van der Waals surface area (Å²) < 4.78 is 26.9. The van der Waals surface area contributed by atoms with Crippen LogP contribution in [0.25, 0.3) is 10.8 Å². The van der Waals surface area contributed by atoms with Gasteiger partial charge in [0.05, 0.1) is 4.90 Å². The summed E-state index contributed by atoms with van der Waals surface area (Å²) in [6, 6.07) is 11.8. The van der Waals surface area contributed by atoms with Crippen LogP contribution < -0.4 is 11.3 Å². The van der Waals surface area contributed by atoms with Gasteiger partial charge in [-0.3, -0.25) is 10.2 Å². The Labute approximate surface area is 128 Å². The number of hydrazine groups is 1. The van der Waals surface area contributed by atoms with Gasteiger partial charge >= 0.3 is 0 Å². The van der Waals surface area contributed by atoms with Crippen molar-refractivity contribution >= 4 is 26.7 Å². The number of carbonyl (C=O) groups is 1. The second-order valence-corrected chi connectivity index (χ2v) is 7.18. The van der Waals surface area contributed by atoms with Crippen LogP contribution in [0.15, 0.2) is 47.4 Å². The molecule has 0 saturated carbocycles. The Morgan fingerprint density at radius 2 is 1.91 bits per heavy atom. The van der Waals surface area contributed by atoms with E-state index in [9.17, 15) is 13.2 Å². The Kier molecular flexibility index (Phi) is 3.86. The van der Waals surface area contributed by atoms with E-state index in [1.807, 2.05) is 29.7 Å². The third-order valence-corrected chi connectivity index (χ3v) is 5.88. The molecule has 2 aromatic carbocycles. The lowest BCUT2D eigenvalue weighted by atomic mass is 10.1. The molecule has 1 aliphatic rings. The number of fused-ring (bicyclic) bond motifs is 1. The van der Waals surface area contributed by atoms with Crippen molar-refractivity contribution in [1.29, 1.82) is 0 Å². The van der Waals surface area contributed by atoms with Crippen molar-refractivity contribution in [2.75, 3.05) is 6.54 Å². The first kappa shape index (κ1) is 15.0. The molecule has 1 aliphatic heterocycles. The molecule has 1 atom stereocenters. The Bertz CT molecular complexity index is 820. The fourth-order valence-corrected chi connectivity index (χ4v) is 4.54. The van der Waals surface area contributed by atoms with Crippen molar-refractivity contribution in [3.05, 3.63) is 42.5 Å². The van der Waals surface area contributed by atoms with Gasteiger partial charge in [-0.25, -0.2) is 14.3 Å². The smallest absolute Gasteiger partial charge is 0.252 e. The summed E-state index contributed by atoms with van der Waals surface area (Å²) in [5, 5.41) is 1.82. The van der Waals surface area contributed by atoms with E-state index in [1.54, 1.807) is 18.2 Å². The monoisotopic (exact) mass is 319 g/mol. The maximum atomic E-state index is 12.8. The van der Waals surface area contributed by atoms with E-state index in [0.29, 0.717) is 19.4 Å². The molecule has 0 unspecified atom stereocenters. The molecule has 0 bridgehead atoms. The van der Waals surface area contributed by atoms with Crippen molar-refractivity contribution < 1.29 is 13.2 Å². The number of benzene rings is 2. The van der Waals surface area contributed by atoms with Gasteiger partial charge in [0.15, 0.2) is 0 Å². The lowest BCUT2D eigenvalue weighted by molar-refractivity contribution is -0.124. The number of nitrogens with one attached hydrogen (secondary N) is 1. The molecule has 1 amide bonds. The Balaban J connectivity index is 2.02. The van der Waals surface area contributed by atoms with Crippen LogP contribution in [0, 0.1) is 0 Å². The minimum absolute atomic E-state index is 0.197. The Morgan fingerprint density at radius 3 is 2.64 bits per heavy atom. The van der Waals surface area contributed by atoms with Gasteiger partial charge in [0.1, 0.15) is 6.04 Å². The normalized spacial score (nSPS) is 19.4. The third-order valence-electron chi connectivity index (χ3n) is 3.98. The molecule has 0 aromatic heterocycles. The number of carbonyl (C=O) groups excluding carboxylic acids is 1. The molecule has 1 heterocycles. The summed E-state index contributed by atoms with van der Waals surface area (Å²) in [4.78, 5) is 12.0. The molecule has 7 heteroatoms. The second kappa shape index (κ2) is 5.68. The zero-order chi connectivity index (χ0) is 15.7. The molecule has 0 aliphatic carbocycles. The largest absolute Gasteiger partial charge is 0.293 e. The van der Waals surface area contributed by atoms with Crippen LogP contribution in [0.4, 0.5) is 0 Å². The molecule has 116 valence electrons. The average Bonchev–Trinajstić information content (AvgIpc) is 3.04. The molecular formula is C15H17N3O3S. The van der Waals surface area contributed by atoms with Gasteiger partial charge in [0.25, 0.3) is 5.91 Å². The lowest BCUT2D eigenvalue weighted by Gasteiger charge is -2.22. The molecule has 6 nitrogen and oxygen atoms in total. The molecule has 1 fully saturated rings. The summed E-state index contributed by atoms with van der Waals surface area (Å²) in [6.45, 7) is 0.327. The molecule has 3 rings (SSSR count).